The van der Waals surface area contributed by atoms with Crippen molar-refractivity contribution in [2.24, 2.45) is 0 Å². The van der Waals surface area contributed by atoms with Gasteiger partial charge in [0.05, 0.1) is 18.0 Å². The zero-order valence-corrected chi connectivity index (χ0v) is 18.9. The van der Waals surface area contributed by atoms with Crippen LogP contribution < -0.4 is 5.43 Å². The number of amides is 1. The Morgan fingerprint density at radius 3 is 2.03 bits per heavy atom. The maximum absolute atomic E-state index is 12.5. The van der Waals surface area contributed by atoms with Crippen LogP contribution in [-0.4, -0.2) is 41.5 Å². The SMILES string of the molecule is CCOC(=O)CC(NN(C)C(=O)c1ccc([N+](=O)[O-])cc1)[C]1[CH][CH][CH][CH]1.[CH]1[CH][CH][CH][CH]1.[Fe+2]. The third-order valence-electron chi connectivity index (χ3n) is 4.30. The van der Waals surface area contributed by atoms with Crippen LogP contribution in [0.1, 0.15) is 23.7 Å². The molecule has 2 aliphatic carbocycles. The summed E-state index contributed by atoms with van der Waals surface area (Å²) in [5, 5.41) is 12.0. The van der Waals surface area contributed by atoms with E-state index in [0.717, 1.165) is 5.92 Å². The topological polar surface area (TPSA) is 102 Å². The maximum atomic E-state index is 12.5. The van der Waals surface area contributed by atoms with Crippen molar-refractivity contribution in [1.82, 2.24) is 10.4 Å². The van der Waals surface area contributed by atoms with E-state index in [4.69, 9.17) is 4.74 Å². The largest absolute Gasteiger partial charge is 2.00 e. The average Bonchev–Trinajstić information content (AvgIpc) is 3.49. The summed E-state index contributed by atoms with van der Waals surface area (Å²) in [6.07, 6.45) is 17.4. The van der Waals surface area contributed by atoms with Gasteiger partial charge in [-0.1, -0.05) is 0 Å². The molecule has 2 aliphatic rings. The molecule has 0 aliphatic heterocycles. The Kier molecular flexibility index (Phi) is 13.1. The fourth-order valence-corrected chi connectivity index (χ4v) is 2.78. The first-order valence-electron chi connectivity index (χ1n) is 9.75. The van der Waals surface area contributed by atoms with Crippen LogP contribution in [0.5, 0.6) is 0 Å². The predicted octanol–water partition coefficient (Wildman–Crippen LogP) is 2.92. The maximum Gasteiger partial charge on any atom is 2.00 e. The summed E-state index contributed by atoms with van der Waals surface area (Å²) in [6, 6.07) is 4.89. The molecule has 8 nitrogen and oxygen atoms in total. The van der Waals surface area contributed by atoms with E-state index in [1.807, 2.05) is 57.8 Å². The molecule has 0 spiro atoms. The van der Waals surface area contributed by atoms with Gasteiger partial charge in [-0.2, -0.15) is 0 Å². The van der Waals surface area contributed by atoms with Crippen molar-refractivity contribution < 1.29 is 36.3 Å². The second-order valence-corrected chi connectivity index (χ2v) is 6.54. The summed E-state index contributed by atoms with van der Waals surface area (Å²) in [5.41, 5.74) is 3.20. The normalized spacial score (nSPS) is 16.3. The second-order valence-electron chi connectivity index (χ2n) is 6.54. The van der Waals surface area contributed by atoms with Crippen molar-refractivity contribution in [3.05, 3.63) is 104 Å². The Hall–Kier alpha value is -1.96. The molecular formula is C23H25FeN3O5+2. The van der Waals surface area contributed by atoms with Crippen LogP contribution in [0.3, 0.4) is 0 Å². The number of ether oxygens (including phenoxy) is 1. The fourth-order valence-electron chi connectivity index (χ4n) is 2.78. The number of benzene rings is 1. The second kappa shape index (κ2) is 15.0. The number of hydrogen-bond donors (Lipinski definition) is 1. The zero-order chi connectivity index (χ0) is 22.6. The van der Waals surface area contributed by atoms with Gasteiger partial charge in [0.1, 0.15) is 0 Å². The number of nitrogens with zero attached hydrogens (tertiary/aromatic N) is 2. The molecule has 0 saturated heterocycles. The zero-order valence-electron chi connectivity index (χ0n) is 17.8. The van der Waals surface area contributed by atoms with Crippen molar-refractivity contribution in [2.75, 3.05) is 13.7 Å². The molecule has 1 aromatic carbocycles. The van der Waals surface area contributed by atoms with Crippen LogP contribution in [0.25, 0.3) is 0 Å². The van der Waals surface area contributed by atoms with Gasteiger partial charge in [0.25, 0.3) is 11.6 Å². The Morgan fingerprint density at radius 2 is 1.56 bits per heavy atom. The molecule has 1 aromatic rings. The molecule has 1 N–H and O–H groups in total. The van der Waals surface area contributed by atoms with Crippen LogP contribution in [-0.2, 0) is 26.6 Å². The summed E-state index contributed by atoms with van der Waals surface area (Å²) in [6.45, 7) is 2.01. The minimum atomic E-state index is -0.527. The van der Waals surface area contributed by atoms with Gasteiger partial charge >= 0.3 is 23.0 Å². The first kappa shape index (κ1) is 28.1. The van der Waals surface area contributed by atoms with E-state index >= 15 is 0 Å². The number of esters is 1. The Labute approximate surface area is 201 Å². The van der Waals surface area contributed by atoms with Crippen LogP contribution in [0, 0.1) is 73.8 Å². The van der Waals surface area contributed by atoms with Gasteiger partial charge < -0.3 is 4.74 Å². The molecule has 168 valence electrons. The van der Waals surface area contributed by atoms with E-state index in [0.29, 0.717) is 5.56 Å². The van der Waals surface area contributed by atoms with Crippen LogP contribution in [0.4, 0.5) is 5.69 Å². The standard InChI is InChI=1S/C18H20N3O5.C5H5.Fe/c1-3-26-17(22)12-16(13-6-4-5-7-13)19-20(2)18(23)14-8-10-15(11-9-14)21(24)25;1-2-4-5-3-1;/h4-11,16,19H,3,12H2,1-2H3;1-5H;/q;;+2. The summed E-state index contributed by atoms with van der Waals surface area (Å²) in [4.78, 5) is 34.5. The van der Waals surface area contributed by atoms with Gasteiger partial charge in [-0.15, -0.1) is 0 Å². The van der Waals surface area contributed by atoms with E-state index in [-0.39, 0.29) is 47.7 Å². The van der Waals surface area contributed by atoms with Gasteiger partial charge in [0.2, 0.25) is 0 Å². The first-order valence-corrected chi connectivity index (χ1v) is 9.75. The van der Waals surface area contributed by atoms with E-state index in [2.05, 4.69) is 5.43 Å². The molecule has 1 unspecified atom stereocenters. The molecule has 2 fully saturated rings. The van der Waals surface area contributed by atoms with E-state index in [9.17, 15) is 19.7 Å². The number of rotatable bonds is 8. The molecular weight excluding hydrogens is 454 g/mol. The molecule has 1 amide bonds. The number of nitrogens with one attached hydrogen (secondary N) is 1. The van der Waals surface area contributed by atoms with Gasteiger partial charge in [-0.3, -0.25) is 24.7 Å². The molecule has 32 heavy (non-hydrogen) atoms. The van der Waals surface area contributed by atoms with E-state index in [1.54, 1.807) is 6.92 Å². The predicted molar refractivity (Wildman–Crippen MR) is 115 cm³/mol. The van der Waals surface area contributed by atoms with Gasteiger partial charge in [-0.25, -0.2) is 5.43 Å². The smallest absolute Gasteiger partial charge is 0.466 e. The average molecular weight is 479 g/mol. The third-order valence-corrected chi connectivity index (χ3v) is 4.30. The van der Waals surface area contributed by atoms with Crippen molar-refractivity contribution >= 4 is 17.6 Å². The van der Waals surface area contributed by atoms with Gasteiger partial charge in [0.15, 0.2) is 0 Å². The molecule has 1 atom stereocenters. The van der Waals surface area contributed by atoms with Gasteiger partial charge in [0, 0.05) is 36.7 Å². The number of hydrazine groups is 1. The van der Waals surface area contributed by atoms with Crippen molar-refractivity contribution in [2.45, 2.75) is 19.4 Å². The van der Waals surface area contributed by atoms with Crippen LogP contribution >= 0.6 is 0 Å². The molecule has 0 aromatic heterocycles. The molecule has 3 rings (SSSR count). The number of non-ortho nitro benzene ring substituents is 1. The summed E-state index contributed by atoms with van der Waals surface area (Å²) < 4.78 is 4.99. The third kappa shape index (κ3) is 9.26. The van der Waals surface area contributed by atoms with Gasteiger partial charge in [-0.05, 0) is 76.8 Å². The van der Waals surface area contributed by atoms with E-state index < -0.39 is 11.0 Å². The number of carbonyl (C=O) groups excluding carboxylic acids is 2. The molecule has 2 saturated carbocycles. The summed E-state index contributed by atoms with van der Waals surface area (Å²) in [5.74, 6) is 0.101. The number of nitro benzene ring substituents is 1. The number of hydrogen-bond acceptors (Lipinski definition) is 6. The van der Waals surface area contributed by atoms with Crippen molar-refractivity contribution in [3.63, 3.8) is 0 Å². The minimum Gasteiger partial charge on any atom is -0.466 e. The molecule has 0 bridgehead atoms. The van der Waals surface area contributed by atoms with Crippen LogP contribution in [0.2, 0.25) is 0 Å². The Bertz CT molecular complexity index is 711. The molecule has 10 radical (unpaired) electrons. The minimum absolute atomic E-state index is 0. The van der Waals surface area contributed by atoms with E-state index in [1.165, 1.54) is 36.3 Å². The number of nitro groups is 1. The Morgan fingerprint density at radius 1 is 1.03 bits per heavy atom. The summed E-state index contributed by atoms with van der Waals surface area (Å²) >= 11 is 0. The number of carbonyl (C=O) groups is 2. The molecule has 0 heterocycles. The van der Waals surface area contributed by atoms with Crippen LogP contribution in [0.15, 0.2) is 24.3 Å². The van der Waals surface area contributed by atoms with Crippen molar-refractivity contribution in [3.8, 4) is 0 Å². The summed E-state index contributed by atoms with van der Waals surface area (Å²) in [7, 11) is 1.53. The fraction of sp³-hybridized carbons (Fsp3) is 0.217. The first-order chi connectivity index (χ1) is 14.9. The molecule has 9 heteroatoms. The monoisotopic (exact) mass is 479 g/mol. The Balaban J connectivity index is 0.000000750. The van der Waals surface area contributed by atoms with Crippen molar-refractivity contribution in [1.29, 1.82) is 0 Å². The quantitative estimate of drug-likeness (QED) is 0.266.